The maximum absolute atomic E-state index is 12.1. The lowest BCUT2D eigenvalue weighted by Crippen LogP contribution is -2.31. The molecule has 1 aliphatic carbocycles. The van der Waals surface area contributed by atoms with Crippen molar-refractivity contribution in [2.45, 2.75) is 39.2 Å². The number of nitrogens with one attached hydrogen (secondary N) is 1. The molecule has 2 unspecified atom stereocenters. The van der Waals surface area contributed by atoms with E-state index >= 15 is 0 Å². The van der Waals surface area contributed by atoms with Crippen molar-refractivity contribution in [2.24, 2.45) is 11.8 Å². The van der Waals surface area contributed by atoms with Crippen LogP contribution in [0.3, 0.4) is 0 Å². The molecule has 21 heavy (non-hydrogen) atoms. The number of carbonyl (C=O) groups is 1. The third-order valence-corrected chi connectivity index (χ3v) is 4.09. The van der Waals surface area contributed by atoms with Crippen LogP contribution in [0.1, 0.15) is 43.7 Å². The number of benzene rings is 1. The van der Waals surface area contributed by atoms with Crippen molar-refractivity contribution in [3.63, 3.8) is 0 Å². The Balaban J connectivity index is 1.83. The average molecular weight is 285 g/mol. The normalized spacial score (nSPS) is 20.7. The fourth-order valence-electron chi connectivity index (χ4n) is 2.78. The minimum Gasteiger partial charge on any atom is -0.395 e. The lowest BCUT2D eigenvalue weighted by Gasteiger charge is -2.15. The molecule has 2 atom stereocenters. The van der Waals surface area contributed by atoms with Crippen molar-refractivity contribution >= 4 is 5.91 Å². The van der Waals surface area contributed by atoms with Crippen LogP contribution in [0.25, 0.3) is 0 Å². The van der Waals surface area contributed by atoms with Gasteiger partial charge in [0.1, 0.15) is 0 Å². The molecular weight excluding hydrogens is 262 g/mol. The van der Waals surface area contributed by atoms with Crippen LogP contribution in [0.2, 0.25) is 0 Å². The van der Waals surface area contributed by atoms with Gasteiger partial charge in [-0.3, -0.25) is 4.79 Å². The largest absolute Gasteiger partial charge is 0.395 e. The van der Waals surface area contributed by atoms with Crippen molar-refractivity contribution in [1.82, 2.24) is 5.32 Å². The first-order chi connectivity index (χ1) is 10.2. The molecule has 0 aliphatic heterocycles. The van der Waals surface area contributed by atoms with Crippen LogP contribution in [0.5, 0.6) is 0 Å². The number of hydrogen-bond donors (Lipinski definition) is 2. The Morgan fingerprint density at radius 2 is 2.10 bits per heavy atom. The molecule has 0 spiro atoms. The van der Waals surface area contributed by atoms with Gasteiger partial charge in [0.05, 0.1) is 6.61 Å². The highest BCUT2D eigenvalue weighted by atomic mass is 16.2. The predicted octanol–water partition coefficient (Wildman–Crippen LogP) is 2.47. The Morgan fingerprint density at radius 1 is 1.33 bits per heavy atom. The molecule has 1 saturated carbocycles. The molecule has 0 saturated heterocycles. The summed E-state index contributed by atoms with van der Waals surface area (Å²) < 4.78 is 0. The number of aliphatic hydroxyl groups is 1. The molecule has 0 aromatic heterocycles. The summed E-state index contributed by atoms with van der Waals surface area (Å²) in [6.45, 7) is 2.83. The summed E-state index contributed by atoms with van der Waals surface area (Å²) in [6, 6.07) is 7.87. The summed E-state index contributed by atoms with van der Waals surface area (Å²) in [4.78, 5) is 12.1. The first-order valence-corrected chi connectivity index (χ1v) is 7.67. The topological polar surface area (TPSA) is 49.3 Å². The first-order valence-electron chi connectivity index (χ1n) is 7.67. The van der Waals surface area contributed by atoms with Crippen LogP contribution in [0, 0.1) is 23.7 Å². The predicted molar refractivity (Wildman–Crippen MR) is 83.4 cm³/mol. The van der Waals surface area contributed by atoms with Crippen LogP contribution in [0.4, 0.5) is 0 Å². The third kappa shape index (κ3) is 4.61. The Labute approximate surface area is 126 Å². The lowest BCUT2D eigenvalue weighted by atomic mass is 9.97. The molecule has 3 heteroatoms. The molecule has 1 aromatic carbocycles. The van der Waals surface area contributed by atoms with Crippen LogP contribution in [0.15, 0.2) is 24.3 Å². The van der Waals surface area contributed by atoms with E-state index in [2.05, 4.69) is 24.1 Å². The summed E-state index contributed by atoms with van der Waals surface area (Å²) in [5, 5.41) is 11.7. The van der Waals surface area contributed by atoms with E-state index in [0.29, 0.717) is 18.9 Å². The molecule has 1 fully saturated rings. The highest BCUT2D eigenvalue weighted by molar-refractivity contribution is 5.79. The highest BCUT2D eigenvalue weighted by Crippen LogP contribution is 2.31. The van der Waals surface area contributed by atoms with Gasteiger partial charge in [-0.2, -0.15) is 0 Å². The summed E-state index contributed by atoms with van der Waals surface area (Å²) in [5.74, 6) is 6.77. The second-order valence-corrected chi connectivity index (χ2v) is 5.70. The van der Waals surface area contributed by atoms with Crippen LogP contribution in [-0.4, -0.2) is 17.6 Å². The van der Waals surface area contributed by atoms with Crippen molar-refractivity contribution in [3.8, 4) is 11.8 Å². The summed E-state index contributed by atoms with van der Waals surface area (Å²) >= 11 is 0. The number of rotatable bonds is 4. The van der Waals surface area contributed by atoms with Crippen molar-refractivity contribution < 1.29 is 9.90 Å². The van der Waals surface area contributed by atoms with Gasteiger partial charge in [-0.15, -0.1) is 0 Å². The van der Waals surface area contributed by atoms with Crippen LogP contribution >= 0.6 is 0 Å². The maximum atomic E-state index is 12.1. The van der Waals surface area contributed by atoms with Gasteiger partial charge in [0.2, 0.25) is 5.91 Å². The van der Waals surface area contributed by atoms with Gasteiger partial charge >= 0.3 is 0 Å². The van der Waals surface area contributed by atoms with Crippen LogP contribution < -0.4 is 5.32 Å². The van der Waals surface area contributed by atoms with Crippen LogP contribution in [-0.2, 0) is 11.3 Å². The Kier molecular flexibility index (Phi) is 5.83. The average Bonchev–Trinajstić information content (AvgIpc) is 2.92. The second kappa shape index (κ2) is 7.85. The van der Waals surface area contributed by atoms with E-state index in [1.807, 2.05) is 24.3 Å². The molecule has 0 radical (unpaired) electrons. The van der Waals surface area contributed by atoms with Gasteiger partial charge in [-0.25, -0.2) is 0 Å². The zero-order valence-electron chi connectivity index (χ0n) is 12.6. The van der Waals surface area contributed by atoms with Gasteiger partial charge in [0, 0.05) is 24.4 Å². The zero-order valence-corrected chi connectivity index (χ0v) is 12.6. The fourth-order valence-corrected chi connectivity index (χ4v) is 2.78. The maximum Gasteiger partial charge on any atom is 0.223 e. The van der Waals surface area contributed by atoms with E-state index in [4.69, 9.17) is 5.11 Å². The van der Waals surface area contributed by atoms with Crippen molar-refractivity contribution in [2.75, 3.05) is 6.61 Å². The van der Waals surface area contributed by atoms with Gasteiger partial charge in [0.25, 0.3) is 0 Å². The van der Waals surface area contributed by atoms with E-state index < -0.39 is 0 Å². The molecule has 1 aromatic rings. The molecular formula is C18H23NO2. The SMILES string of the molecule is CC1CCCC1C(=O)NCc1ccc(C#CCCO)cc1. The lowest BCUT2D eigenvalue weighted by molar-refractivity contribution is -0.126. The second-order valence-electron chi connectivity index (χ2n) is 5.70. The van der Waals surface area contributed by atoms with Gasteiger partial charge in [-0.05, 0) is 36.5 Å². The van der Waals surface area contributed by atoms with Crippen molar-refractivity contribution in [1.29, 1.82) is 0 Å². The van der Waals surface area contributed by atoms with E-state index in [-0.39, 0.29) is 18.4 Å². The molecule has 1 amide bonds. The molecule has 112 valence electrons. The molecule has 0 heterocycles. The molecule has 3 nitrogen and oxygen atoms in total. The number of aliphatic hydroxyl groups excluding tert-OH is 1. The summed E-state index contributed by atoms with van der Waals surface area (Å²) in [7, 11) is 0. The van der Waals surface area contributed by atoms with Gasteiger partial charge in [0.15, 0.2) is 0 Å². The van der Waals surface area contributed by atoms with E-state index in [9.17, 15) is 4.79 Å². The van der Waals surface area contributed by atoms with Crippen molar-refractivity contribution in [3.05, 3.63) is 35.4 Å². The number of amides is 1. The summed E-state index contributed by atoms with van der Waals surface area (Å²) in [6.07, 6.45) is 3.85. The minimum absolute atomic E-state index is 0.0940. The fraction of sp³-hybridized carbons (Fsp3) is 0.500. The number of hydrogen-bond acceptors (Lipinski definition) is 2. The molecule has 0 bridgehead atoms. The number of carbonyl (C=O) groups excluding carboxylic acids is 1. The van der Waals surface area contributed by atoms with Gasteiger partial charge in [-0.1, -0.05) is 37.3 Å². The third-order valence-electron chi connectivity index (χ3n) is 4.09. The van der Waals surface area contributed by atoms with E-state index in [0.717, 1.165) is 17.5 Å². The highest BCUT2D eigenvalue weighted by Gasteiger charge is 2.29. The quantitative estimate of drug-likeness (QED) is 0.835. The Morgan fingerprint density at radius 3 is 2.71 bits per heavy atom. The van der Waals surface area contributed by atoms with E-state index in [1.54, 1.807) is 0 Å². The molecule has 1 aliphatic rings. The molecule has 2 N–H and O–H groups in total. The minimum atomic E-state index is 0.0940. The monoisotopic (exact) mass is 285 g/mol. The Bertz CT molecular complexity index is 524. The Hall–Kier alpha value is -1.79. The van der Waals surface area contributed by atoms with E-state index in [1.165, 1.54) is 12.8 Å². The standard InChI is InChI=1S/C18H23NO2/c1-14-5-4-7-17(14)18(21)19-13-16-10-8-15(9-11-16)6-2-3-12-20/h8-11,14,17,20H,3-5,7,12-13H2,1H3,(H,19,21). The zero-order chi connectivity index (χ0) is 15.1. The van der Waals surface area contributed by atoms with Gasteiger partial charge < -0.3 is 10.4 Å². The first kappa shape index (κ1) is 15.6. The molecule has 2 rings (SSSR count). The smallest absolute Gasteiger partial charge is 0.223 e. The summed E-state index contributed by atoms with van der Waals surface area (Å²) in [5.41, 5.74) is 2.02.